The number of hydrogen-bond donors (Lipinski definition) is 5. The van der Waals surface area contributed by atoms with Crippen molar-refractivity contribution >= 4 is 22.9 Å². The Hall–Kier alpha value is -2.78. The second-order valence-corrected chi connectivity index (χ2v) is 8.71. The van der Waals surface area contributed by atoms with Gasteiger partial charge in [0.2, 0.25) is 5.82 Å². The molecule has 1 amide bonds. The molecule has 1 saturated heterocycles. The van der Waals surface area contributed by atoms with Gasteiger partial charge in [-0.3, -0.25) is 9.36 Å². The quantitative estimate of drug-likeness (QED) is 0.391. The number of nitrogen functional groups attached to an aromatic ring is 1. The van der Waals surface area contributed by atoms with Gasteiger partial charge in [0.25, 0.3) is 5.91 Å². The number of nitrogens with one attached hydrogen (secondary N) is 1. The Kier molecular flexibility index (Phi) is 6.54. The van der Waals surface area contributed by atoms with Crippen LogP contribution in [0.25, 0.3) is 11.2 Å². The third-order valence-electron chi connectivity index (χ3n) is 6.49. The molecule has 11 heteroatoms. The van der Waals surface area contributed by atoms with Crippen LogP contribution >= 0.6 is 0 Å². The summed E-state index contributed by atoms with van der Waals surface area (Å²) in [6, 6.07) is 0. The van der Waals surface area contributed by atoms with Crippen LogP contribution in [0.2, 0.25) is 0 Å². The van der Waals surface area contributed by atoms with Gasteiger partial charge in [-0.1, -0.05) is 19.3 Å². The van der Waals surface area contributed by atoms with E-state index in [1.807, 2.05) is 0 Å². The lowest BCUT2D eigenvalue weighted by Crippen LogP contribution is -2.42. The van der Waals surface area contributed by atoms with Crippen molar-refractivity contribution in [2.24, 2.45) is 5.92 Å². The number of nitrogens with two attached hydrogens (primary N) is 1. The maximum Gasteiger partial charge on any atom is 0.252 e. The molecule has 0 spiro atoms. The highest BCUT2D eigenvalue weighted by Gasteiger charge is 2.47. The highest BCUT2D eigenvalue weighted by molar-refractivity contribution is 5.83. The monoisotopic (exact) mass is 458 g/mol. The Morgan fingerprint density at radius 3 is 2.70 bits per heavy atom. The molecule has 3 heterocycles. The molecule has 11 nitrogen and oxygen atoms in total. The molecule has 2 aliphatic rings. The zero-order valence-electron chi connectivity index (χ0n) is 18.7. The Balaban J connectivity index is 1.62. The molecular weight excluding hydrogens is 428 g/mol. The van der Waals surface area contributed by atoms with Crippen LogP contribution in [0.3, 0.4) is 0 Å². The number of carbonyl (C=O) groups is 1. The van der Waals surface area contributed by atoms with E-state index in [-0.39, 0.29) is 22.8 Å². The average molecular weight is 459 g/mol. The van der Waals surface area contributed by atoms with Gasteiger partial charge in [0.1, 0.15) is 23.3 Å². The first-order chi connectivity index (χ1) is 15.8. The van der Waals surface area contributed by atoms with Gasteiger partial charge in [-0.25, -0.2) is 15.0 Å². The number of ether oxygens (including phenoxy) is 1. The molecule has 1 saturated carbocycles. The van der Waals surface area contributed by atoms with E-state index in [0.717, 1.165) is 19.3 Å². The molecule has 0 aromatic carbocycles. The molecule has 4 atom stereocenters. The van der Waals surface area contributed by atoms with E-state index in [9.17, 15) is 20.1 Å². The van der Waals surface area contributed by atoms with Crippen molar-refractivity contribution in [2.45, 2.75) is 76.1 Å². The molecule has 0 bridgehead atoms. The van der Waals surface area contributed by atoms with E-state index in [1.54, 1.807) is 6.92 Å². The number of aromatic nitrogens is 4. The van der Waals surface area contributed by atoms with Crippen molar-refractivity contribution < 1.29 is 24.9 Å². The van der Waals surface area contributed by atoms with Crippen LogP contribution in [0.1, 0.15) is 58.0 Å². The lowest BCUT2D eigenvalue weighted by molar-refractivity contribution is -0.137. The molecular formula is C22H30N6O5. The van der Waals surface area contributed by atoms with Crippen molar-refractivity contribution in [3.63, 3.8) is 0 Å². The van der Waals surface area contributed by atoms with Gasteiger partial charge < -0.3 is 31.1 Å². The Bertz CT molecular complexity index is 1080. The number of rotatable bonds is 4. The van der Waals surface area contributed by atoms with Gasteiger partial charge in [-0.2, -0.15) is 0 Å². The maximum absolute atomic E-state index is 12.2. The predicted molar refractivity (Wildman–Crippen MR) is 118 cm³/mol. The van der Waals surface area contributed by atoms with E-state index >= 15 is 0 Å². The first-order valence-corrected chi connectivity index (χ1v) is 11.3. The lowest BCUT2D eigenvalue weighted by Gasteiger charge is -2.31. The van der Waals surface area contributed by atoms with Crippen LogP contribution in [0.5, 0.6) is 0 Å². The molecule has 2 unspecified atom stereocenters. The Morgan fingerprint density at radius 1 is 1.30 bits per heavy atom. The van der Waals surface area contributed by atoms with Crippen LogP contribution in [0, 0.1) is 17.8 Å². The molecule has 178 valence electrons. The summed E-state index contributed by atoms with van der Waals surface area (Å²) >= 11 is 0. The number of amides is 1. The summed E-state index contributed by atoms with van der Waals surface area (Å²) in [5.74, 6) is 6.00. The lowest BCUT2D eigenvalue weighted by atomic mass is 9.78. The van der Waals surface area contributed by atoms with E-state index in [4.69, 9.17) is 10.5 Å². The van der Waals surface area contributed by atoms with E-state index in [1.165, 1.54) is 10.9 Å². The minimum absolute atomic E-state index is 0.0815. The Labute approximate surface area is 191 Å². The third kappa shape index (κ3) is 4.52. The molecule has 33 heavy (non-hydrogen) atoms. The van der Waals surface area contributed by atoms with Crippen molar-refractivity contribution in [2.75, 3.05) is 12.3 Å². The zero-order valence-corrected chi connectivity index (χ0v) is 18.7. The first-order valence-electron chi connectivity index (χ1n) is 11.3. The smallest absolute Gasteiger partial charge is 0.252 e. The average Bonchev–Trinajstić information content (AvgIpc) is 3.35. The second-order valence-electron chi connectivity index (χ2n) is 8.71. The molecule has 0 radical (unpaired) electrons. The van der Waals surface area contributed by atoms with E-state index < -0.39 is 36.0 Å². The third-order valence-corrected chi connectivity index (χ3v) is 6.49. The van der Waals surface area contributed by atoms with Crippen LogP contribution in [0.15, 0.2) is 6.33 Å². The summed E-state index contributed by atoms with van der Waals surface area (Å²) in [5.41, 5.74) is 5.47. The van der Waals surface area contributed by atoms with Crippen LogP contribution in [-0.4, -0.2) is 71.2 Å². The normalized spacial score (nSPS) is 31.8. The fourth-order valence-corrected chi connectivity index (χ4v) is 4.42. The fraction of sp³-hybridized carbons (Fsp3) is 0.636. The summed E-state index contributed by atoms with van der Waals surface area (Å²) in [7, 11) is 0. The molecule has 1 aliphatic heterocycles. The topological polar surface area (TPSA) is 169 Å². The number of likely N-dealkylation sites (N-methyl/N-ethyl adjacent to an activating group) is 1. The van der Waals surface area contributed by atoms with Crippen molar-refractivity contribution in [1.29, 1.82) is 0 Å². The number of carbonyl (C=O) groups excluding carboxylic acids is 1. The second kappa shape index (κ2) is 9.23. The minimum Gasteiger partial charge on any atom is -0.387 e. The minimum atomic E-state index is -1.43. The van der Waals surface area contributed by atoms with Crippen molar-refractivity contribution in [3.8, 4) is 11.8 Å². The number of imidazole rings is 1. The van der Waals surface area contributed by atoms with Gasteiger partial charge >= 0.3 is 0 Å². The highest BCUT2D eigenvalue weighted by Crippen LogP contribution is 2.34. The number of nitrogens with zero attached hydrogens (tertiary/aromatic N) is 4. The molecule has 6 N–H and O–H groups in total. The summed E-state index contributed by atoms with van der Waals surface area (Å²) in [5, 5.41) is 34.2. The summed E-state index contributed by atoms with van der Waals surface area (Å²) in [6.45, 7) is 4.25. The largest absolute Gasteiger partial charge is 0.387 e. The number of aliphatic hydroxyl groups is 3. The van der Waals surface area contributed by atoms with Crippen LogP contribution < -0.4 is 11.1 Å². The molecule has 2 fully saturated rings. The molecule has 4 rings (SSSR count). The number of anilines is 1. The van der Waals surface area contributed by atoms with E-state index in [2.05, 4.69) is 39.0 Å². The SMILES string of the molecule is CCNC(=O)[C@H]1O[C@@H](n2cnc3c(N)nc(C#CC4(O)CCC(CC)CC4)nc32)C(O)C1O. The first kappa shape index (κ1) is 23.4. The van der Waals surface area contributed by atoms with Crippen LogP contribution in [0.4, 0.5) is 5.82 Å². The van der Waals surface area contributed by atoms with Gasteiger partial charge in [-0.05, 0) is 44.4 Å². The number of hydrogen-bond acceptors (Lipinski definition) is 9. The summed E-state index contributed by atoms with van der Waals surface area (Å²) in [6.07, 6.45) is 0.298. The van der Waals surface area contributed by atoms with Crippen molar-refractivity contribution in [3.05, 3.63) is 12.2 Å². The highest BCUT2D eigenvalue weighted by atomic mass is 16.6. The van der Waals surface area contributed by atoms with Gasteiger partial charge in [-0.15, -0.1) is 0 Å². The number of fused-ring (bicyclic) bond motifs is 1. The predicted octanol–water partition coefficient (Wildman–Crippen LogP) is -0.153. The molecule has 1 aliphatic carbocycles. The standard InChI is InChI=1S/C22H30N6O5/c1-3-12-5-8-22(32,9-6-12)10-7-13-26-18(23)14-19(27-13)28(11-25-14)21-16(30)15(29)17(33-21)20(31)24-4-2/h11-12,15-17,21,29-30,32H,3-6,8-9H2,1-2H3,(H,24,31)(H2,23,26,27)/t12?,15?,16?,17-,21+,22?/m0/s1. The van der Waals surface area contributed by atoms with Crippen molar-refractivity contribution in [1.82, 2.24) is 24.8 Å². The van der Waals surface area contributed by atoms with Crippen LogP contribution in [-0.2, 0) is 9.53 Å². The molecule has 2 aromatic heterocycles. The van der Waals surface area contributed by atoms with Gasteiger partial charge in [0, 0.05) is 6.54 Å². The Morgan fingerprint density at radius 2 is 2.03 bits per heavy atom. The van der Waals surface area contributed by atoms with Gasteiger partial charge in [0.05, 0.1) is 6.33 Å². The summed E-state index contributed by atoms with van der Waals surface area (Å²) < 4.78 is 7.05. The van der Waals surface area contributed by atoms with Gasteiger partial charge in [0.15, 0.2) is 23.8 Å². The fourth-order valence-electron chi connectivity index (χ4n) is 4.42. The maximum atomic E-state index is 12.2. The van der Waals surface area contributed by atoms with E-state index in [0.29, 0.717) is 25.3 Å². The summed E-state index contributed by atoms with van der Waals surface area (Å²) in [4.78, 5) is 24.9. The zero-order chi connectivity index (χ0) is 23.8. The molecule has 2 aromatic rings. The number of aliphatic hydroxyl groups excluding tert-OH is 2.